The summed E-state index contributed by atoms with van der Waals surface area (Å²) >= 11 is 0. The van der Waals surface area contributed by atoms with E-state index in [1.807, 2.05) is 42.5 Å². The van der Waals surface area contributed by atoms with Crippen LogP contribution in [0.1, 0.15) is 0 Å². The first-order valence-electron chi connectivity index (χ1n) is 17.6. The highest BCUT2D eigenvalue weighted by atomic mass is 15.0. The maximum Gasteiger partial charge on any atom is 0.164 e. The van der Waals surface area contributed by atoms with Crippen molar-refractivity contribution in [2.75, 3.05) is 0 Å². The lowest BCUT2D eigenvalue weighted by Crippen LogP contribution is -2.01. The molecule has 52 heavy (non-hydrogen) atoms. The minimum absolute atomic E-state index is 0.638. The molecule has 9 aromatic rings. The largest absolute Gasteiger partial charge is 0.208 e. The molecule has 3 nitrogen and oxygen atoms in total. The molecule has 0 fully saturated rings. The van der Waals surface area contributed by atoms with Crippen LogP contribution in [0.4, 0.5) is 0 Å². The van der Waals surface area contributed by atoms with Crippen molar-refractivity contribution >= 4 is 10.8 Å². The summed E-state index contributed by atoms with van der Waals surface area (Å²) in [6.45, 7) is 0. The minimum Gasteiger partial charge on any atom is -0.208 e. The molecule has 1 aliphatic carbocycles. The Morgan fingerprint density at radius 3 is 1.23 bits per heavy atom. The maximum absolute atomic E-state index is 5.10. The van der Waals surface area contributed by atoms with Gasteiger partial charge in [0.25, 0.3) is 0 Å². The number of fused-ring (bicyclic) bond motifs is 3. The van der Waals surface area contributed by atoms with Crippen LogP contribution < -0.4 is 0 Å². The van der Waals surface area contributed by atoms with E-state index in [9.17, 15) is 0 Å². The maximum atomic E-state index is 5.10. The third-order valence-electron chi connectivity index (χ3n) is 10.1. The van der Waals surface area contributed by atoms with Crippen LogP contribution in [0.5, 0.6) is 0 Å². The molecule has 0 bridgehead atoms. The summed E-state index contributed by atoms with van der Waals surface area (Å²) in [4.78, 5) is 15.2. The SMILES string of the molecule is c1ccc(-c2nc(-c3ccc(-c4ccccc4-c4ccc5c6c(cccc46)-c4ccccc4-5)cc3)nc(-c3ccccc3-c3ccccc3)n2)cc1. The summed E-state index contributed by atoms with van der Waals surface area (Å²) in [5, 5.41) is 2.61. The van der Waals surface area contributed by atoms with Crippen molar-refractivity contribution in [2.24, 2.45) is 0 Å². The normalized spacial score (nSPS) is 11.5. The van der Waals surface area contributed by atoms with Gasteiger partial charge in [0.1, 0.15) is 0 Å². The average Bonchev–Trinajstić information content (AvgIpc) is 3.56. The molecule has 0 radical (unpaired) electrons. The monoisotopic (exact) mass is 661 g/mol. The van der Waals surface area contributed by atoms with Gasteiger partial charge >= 0.3 is 0 Å². The molecule has 0 saturated carbocycles. The van der Waals surface area contributed by atoms with Crippen LogP contribution in [0.2, 0.25) is 0 Å². The quantitative estimate of drug-likeness (QED) is 0.178. The molecule has 1 aromatic heterocycles. The van der Waals surface area contributed by atoms with Gasteiger partial charge in [-0.3, -0.25) is 0 Å². The van der Waals surface area contributed by atoms with E-state index in [-0.39, 0.29) is 0 Å². The van der Waals surface area contributed by atoms with Crippen molar-refractivity contribution in [1.29, 1.82) is 0 Å². The predicted molar refractivity (Wildman–Crippen MR) is 214 cm³/mol. The average molecular weight is 662 g/mol. The van der Waals surface area contributed by atoms with Crippen LogP contribution in [0.3, 0.4) is 0 Å². The van der Waals surface area contributed by atoms with Crippen LogP contribution >= 0.6 is 0 Å². The Kier molecular flexibility index (Phi) is 7.14. The fraction of sp³-hybridized carbons (Fsp3) is 0. The van der Waals surface area contributed by atoms with E-state index in [2.05, 4.69) is 146 Å². The van der Waals surface area contributed by atoms with Crippen molar-refractivity contribution in [2.45, 2.75) is 0 Å². The van der Waals surface area contributed by atoms with Crippen LogP contribution in [-0.2, 0) is 0 Å². The Hall–Kier alpha value is -6.97. The van der Waals surface area contributed by atoms with Crippen molar-refractivity contribution < 1.29 is 0 Å². The summed E-state index contributed by atoms with van der Waals surface area (Å²) < 4.78 is 0. The first-order valence-corrected chi connectivity index (χ1v) is 17.6. The zero-order chi connectivity index (χ0) is 34.4. The summed E-state index contributed by atoms with van der Waals surface area (Å²) in [5.74, 6) is 1.93. The molecule has 0 saturated heterocycles. The standard InChI is InChI=1S/C49H31N3/c1-3-14-32(15-4-1)37-19-8-12-23-45(37)49-51-47(34-16-5-2-6-17-34)50-48(52-49)35-28-26-33(27-29-35)36-18-7-9-20-38(36)41-30-31-44-40-22-11-10-21-39(40)42-24-13-25-43(41)46(42)44/h1-31H. The summed E-state index contributed by atoms with van der Waals surface area (Å²) in [6.07, 6.45) is 0. The lowest BCUT2D eigenvalue weighted by molar-refractivity contribution is 1.07. The van der Waals surface area contributed by atoms with Gasteiger partial charge < -0.3 is 0 Å². The van der Waals surface area contributed by atoms with E-state index < -0.39 is 0 Å². The molecule has 1 heterocycles. The van der Waals surface area contributed by atoms with E-state index in [1.165, 1.54) is 49.7 Å². The number of benzene rings is 8. The number of nitrogens with zero attached hydrogens (tertiary/aromatic N) is 3. The fourth-order valence-corrected chi connectivity index (χ4v) is 7.70. The third kappa shape index (κ3) is 5.02. The predicted octanol–water partition coefficient (Wildman–Crippen LogP) is 12.7. The molecule has 3 heteroatoms. The molecular formula is C49H31N3. The van der Waals surface area contributed by atoms with Crippen molar-refractivity contribution in [3.05, 3.63) is 188 Å². The van der Waals surface area contributed by atoms with Crippen LogP contribution in [0.25, 0.3) is 101 Å². The smallest absolute Gasteiger partial charge is 0.164 e. The highest BCUT2D eigenvalue weighted by Gasteiger charge is 2.23. The number of aromatic nitrogens is 3. The summed E-state index contributed by atoms with van der Waals surface area (Å²) in [5.41, 5.74) is 15.1. The van der Waals surface area contributed by atoms with Crippen molar-refractivity contribution in [3.8, 4) is 89.8 Å². The van der Waals surface area contributed by atoms with E-state index in [0.717, 1.165) is 33.4 Å². The Balaban J connectivity index is 1.07. The Morgan fingerprint density at radius 2 is 0.596 bits per heavy atom. The second-order valence-electron chi connectivity index (χ2n) is 13.1. The van der Waals surface area contributed by atoms with Gasteiger partial charge in [-0.15, -0.1) is 0 Å². The van der Waals surface area contributed by atoms with Gasteiger partial charge in [-0.05, 0) is 66.4 Å². The highest BCUT2D eigenvalue weighted by molar-refractivity contribution is 6.19. The molecule has 0 N–H and O–H groups in total. The van der Waals surface area contributed by atoms with Gasteiger partial charge in [0, 0.05) is 16.7 Å². The Morgan fingerprint density at radius 1 is 0.212 bits per heavy atom. The second-order valence-corrected chi connectivity index (χ2v) is 13.1. The molecule has 0 unspecified atom stereocenters. The van der Waals surface area contributed by atoms with Gasteiger partial charge in [0.15, 0.2) is 17.5 Å². The number of rotatable bonds is 6. The van der Waals surface area contributed by atoms with Crippen molar-refractivity contribution in [1.82, 2.24) is 15.0 Å². The molecule has 0 atom stereocenters. The van der Waals surface area contributed by atoms with Crippen molar-refractivity contribution in [3.63, 3.8) is 0 Å². The Labute approximate surface area is 302 Å². The first kappa shape index (κ1) is 29.9. The number of hydrogen-bond acceptors (Lipinski definition) is 3. The summed E-state index contributed by atoms with van der Waals surface area (Å²) in [7, 11) is 0. The molecular weight excluding hydrogens is 631 g/mol. The van der Waals surface area contributed by atoms with Gasteiger partial charge in [0.2, 0.25) is 0 Å². The fourth-order valence-electron chi connectivity index (χ4n) is 7.70. The van der Waals surface area contributed by atoms with Gasteiger partial charge in [-0.1, -0.05) is 188 Å². The van der Waals surface area contributed by atoms with E-state index in [4.69, 9.17) is 15.0 Å². The molecule has 0 spiro atoms. The zero-order valence-electron chi connectivity index (χ0n) is 28.2. The molecule has 1 aliphatic rings. The first-order chi connectivity index (χ1) is 25.8. The summed E-state index contributed by atoms with van der Waals surface area (Å²) in [6, 6.07) is 66.3. The number of hydrogen-bond donors (Lipinski definition) is 0. The van der Waals surface area contributed by atoms with E-state index >= 15 is 0 Å². The second kappa shape index (κ2) is 12.4. The van der Waals surface area contributed by atoms with Gasteiger partial charge in [0.05, 0.1) is 0 Å². The van der Waals surface area contributed by atoms with Crippen LogP contribution in [-0.4, -0.2) is 15.0 Å². The van der Waals surface area contributed by atoms with E-state index in [1.54, 1.807) is 0 Å². The zero-order valence-corrected chi connectivity index (χ0v) is 28.2. The van der Waals surface area contributed by atoms with Crippen LogP contribution in [0.15, 0.2) is 188 Å². The van der Waals surface area contributed by atoms with Crippen LogP contribution in [0, 0.1) is 0 Å². The third-order valence-corrected chi connectivity index (χ3v) is 10.1. The lowest BCUT2D eigenvalue weighted by atomic mass is 9.89. The van der Waals surface area contributed by atoms with Gasteiger partial charge in [-0.2, -0.15) is 0 Å². The molecule has 10 rings (SSSR count). The Bertz CT molecular complexity index is 2740. The minimum atomic E-state index is 0.638. The topological polar surface area (TPSA) is 38.7 Å². The lowest BCUT2D eigenvalue weighted by Gasteiger charge is -2.15. The molecule has 242 valence electrons. The highest BCUT2D eigenvalue weighted by Crippen LogP contribution is 2.50. The van der Waals surface area contributed by atoms with Gasteiger partial charge in [-0.25, -0.2) is 15.0 Å². The van der Waals surface area contributed by atoms with E-state index in [0.29, 0.717) is 17.5 Å². The molecule has 0 aliphatic heterocycles. The molecule has 8 aromatic carbocycles. The molecule has 0 amide bonds.